The summed E-state index contributed by atoms with van der Waals surface area (Å²) in [5.41, 5.74) is 2.46. The zero-order valence-corrected chi connectivity index (χ0v) is 15.3. The highest BCUT2D eigenvalue weighted by Crippen LogP contribution is 2.29. The molecule has 0 saturated carbocycles. The number of aliphatic hydroxyl groups excluding tert-OH is 1. The average molecular weight is 367 g/mol. The molecule has 6 heteroatoms. The summed E-state index contributed by atoms with van der Waals surface area (Å²) in [5.74, 6) is -0.393. The van der Waals surface area contributed by atoms with Gasteiger partial charge in [-0.1, -0.05) is 60.7 Å². The van der Waals surface area contributed by atoms with Crippen molar-refractivity contribution < 1.29 is 14.7 Å². The molecule has 1 heterocycles. The van der Waals surface area contributed by atoms with Crippen LogP contribution < -0.4 is 5.32 Å². The van der Waals surface area contributed by atoms with Crippen molar-refractivity contribution >= 4 is 11.8 Å². The highest BCUT2D eigenvalue weighted by Gasteiger charge is 2.28. The maximum Gasteiger partial charge on any atom is 0.317 e. The Balaban J connectivity index is 1.67. The van der Waals surface area contributed by atoms with Gasteiger partial charge in [0.25, 0.3) is 0 Å². The third-order valence-corrected chi connectivity index (χ3v) is 4.81. The first-order valence-electron chi connectivity index (χ1n) is 9.18. The summed E-state index contributed by atoms with van der Waals surface area (Å²) in [5, 5.41) is 11.3. The average Bonchev–Trinajstić information content (AvgIpc) is 2.74. The van der Waals surface area contributed by atoms with Gasteiger partial charge in [-0.05, 0) is 11.1 Å². The number of hydrogen-bond acceptors (Lipinski definition) is 4. The standard InChI is InChI=1S/C21H25N3O3/c25-16-19(26)15-22-21(27)24-13-11-23(12-14-24)20(17-7-3-1-4-8-17)18-9-5-2-6-10-18/h1-10,20,25H,11-16H2,(H,22,27). The highest BCUT2D eigenvalue weighted by molar-refractivity contribution is 5.86. The summed E-state index contributed by atoms with van der Waals surface area (Å²) in [4.78, 5) is 27.5. The van der Waals surface area contributed by atoms with Gasteiger partial charge in [-0.15, -0.1) is 0 Å². The van der Waals surface area contributed by atoms with E-state index in [-0.39, 0.29) is 18.6 Å². The first-order valence-corrected chi connectivity index (χ1v) is 9.18. The maximum atomic E-state index is 12.2. The number of hydrogen-bond donors (Lipinski definition) is 2. The van der Waals surface area contributed by atoms with Crippen LogP contribution in [0.3, 0.4) is 0 Å². The van der Waals surface area contributed by atoms with E-state index in [9.17, 15) is 9.59 Å². The molecule has 1 saturated heterocycles. The second kappa shape index (κ2) is 9.30. The van der Waals surface area contributed by atoms with Crippen LogP contribution >= 0.6 is 0 Å². The Hall–Kier alpha value is -2.70. The molecule has 27 heavy (non-hydrogen) atoms. The van der Waals surface area contributed by atoms with Gasteiger partial charge in [-0.2, -0.15) is 0 Å². The molecule has 142 valence electrons. The SMILES string of the molecule is O=C(CO)CNC(=O)N1CCN(C(c2ccccc2)c2ccccc2)CC1. The number of nitrogens with zero attached hydrogens (tertiary/aromatic N) is 2. The third-order valence-electron chi connectivity index (χ3n) is 4.81. The number of piperazine rings is 1. The van der Waals surface area contributed by atoms with Crippen LogP contribution in [-0.2, 0) is 4.79 Å². The lowest BCUT2D eigenvalue weighted by Crippen LogP contribution is -2.53. The van der Waals surface area contributed by atoms with E-state index in [1.807, 2.05) is 36.4 Å². The Morgan fingerprint density at radius 2 is 1.41 bits per heavy atom. The van der Waals surface area contributed by atoms with E-state index in [4.69, 9.17) is 5.11 Å². The van der Waals surface area contributed by atoms with Gasteiger partial charge >= 0.3 is 6.03 Å². The quantitative estimate of drug-likeness (QED) is 0.815. The minimum absolute atomic E-state index is 0.133. The van der Waals surface area contributed by atoms with Crippen molar-refractivity contribution in [3.63, 3.8) is 0 Å². The summed E-state index contributed by atoms with van der Waals surface area (Å²) >= 11 is 0. The molecule has 1 fully saturated rings. The van der Waals surface area contributed by atoms with E-state index >= 15 is 0 Å². The first kappa shape index (κ1) is 19.1. The number of Topliss-reactive ketones (excluding diaryl/α,β-unsaturated/α-hetero) is 1. The molecule has 0 bridgehead atoms. The van der Waals surface area contributed by atoms with Gasteiger partial charge < -0.3 is 15.3 Å². The number of carbonyl (C=O) groups is 2. The molecule has 0 spiro atoms. The maximum absolute atomic E-state index is 12.2. The van der Waals surface area contributed by atoms with E-state index in [2.05, 4.69) is 34.5 Å². The lowest BCUT2D eigenvalue weighted by Gasteiger charge is -2.39. The molecule has 2 N–H and O–H groups in total. The predicted octanol–water partition coefficient (Wildman–Crippen LogP) is 1.66. The van der Waals surface area contributed by atoms with Crippen LogP contribution in [0, 0.1) is 0 Å². The second-order valence-corrected chi connectivity index (χ2v) is 6.60. The Morgan fingerprint density at radius 1 is 0.889 bits per heavy atom. The number of aliphatic hydroxyl groups is 1. The van der Waals surface area contributed by atoms with Crippen LogP contribution in [0.2, 0.25) is 0 Å². The monoisotopic (exact) mass is 367 g/mol. The van der Waals surface area contributed by atoms with Gasteiger partial charge in [0, 0.05) is 26.2 Å². The molecule has 0 aromatic heterocycles. The van der Waals surface area contributed by atoms with Crippen LogP contribution in [-0.4, -0.2) is 66.1 Å². The fourth-order valence-electron chi connectivity index (χ4n) is 3.41. The third kappa shape index (κ3) is 4.93. The second-order valence-electron chi connectivity index (χ2n) is 6.60. The van der Waals surface area contributed by atoms with E-state index < -0.39 is 12.4 Å². The summed E-state index contributed by atoms with van der Waals surface area (Å²) < 4.78 is 0. The molecule has 0 unspecified atom stereocenters. The molecule has 1 aliphatic rings. The molecule has 3 rings (SSSR count). The molecule has 0 aliphatic carbocycles. The van der Waals surface area contributed by atoms with E-state index in [1.165, 1.54) is 11.1 Å². The Bertz CT molecular complexity index is 704. The summed E-state index contributed by atoms with van der Waals surface area (Å²) in [7, 11) is 0. The summed E-state index contributed by atoms with van der Waals surface area (Å²) in [6.07, 6.45) is 0. The Kier molecular flexibility index (Phi) is 6.57. The number of nitrogens with one attached hydrogen (secondary N) is 1. The van der Waals surface area contributed by atoms with Crippen molar-refractivity contribution in [1.29, 1.82) is 0 Å². The van der Waals surface area contributed by atoms with Crippen LogP contribution in [0.1, 0.15) is 17.2 Å². The van der Waals surface area contributed by atoms with Gasteiger partial charge in [-0.3, -0.25) is 9.69 Å². The molecular weight excluding hydrogens is 342 g/mol. The van der Waals surface area contributed by atoms with Crippen molar-refractivity contribution in [2.75, 3.05) is 39.3 Å². The lowest BCUT2D eigenvalue weighted by atomic mass is 9.96. The van der Waals surface area contributed by atoms with Crippen LogP contribution in [0.5, 0.6) is 0 Å². The topological polar surface area (TPSA) is 72.9 Å². The number of ketones is 1. The smallest absolute Gasteiger partial charge is 0.317 e. The highest BCUT2D eigenvalue weighted by atomic mass is 16.3. The van der Waals surface area contributed by atoms with Gasteiger partial charge in [-0.25, -0.2) is 4.79 Å². The van der Waals surface area contributed by atoms with Crippen molar-refractivity contribution in [2.45, 2.75) is 6.04 Å². The van der Waals surface area contributed by atoms with Gasteiger partial charge in [0.05, 0.1) is 12.6 Å². The zero-order chi connectivity index (χ0) is 19.1. The predicted molar refractivity (Wildman–Crippen MR) is 103 cm³/mol. The molecule has 1 aliphatic heterocycles. The molecule has 0 atom stereocenters. The normalized spacial score (nSPS) is 15.0. The summed E-state index contributed by atoms with van der Waals surface area (Å²) in [6.45, 7) is 1.99. The number of rotatable bonds is 6. The number of carbonyl (C=O) groups excluding carboxylic acids is 2. The van der Waals surface area contributed by atoms with E-state index in [0.717, 1.165) is 13.1 Å². The zero-order valence-electron chi connectivity index (χ0n) is 15.3. The minimum Gasteiger partial charge on any atom is -0.389 e. The van der Waals surface area contributed by atoms with Crippen LogP contribution in [0.25, 0.3) is 0 Å². The van der Waals surface area contributed by atoms with E-state index in [0.29, 0.717) is 13.1 Å². The van der Waals surface area contributed by atoms with Gasteiger partial charge in [0.15, 0.2) is 5.78 Å². The fraction of sp³-hybridized carbons (Fsp3) is 0.333. The van der Waals surface area contributed by atoms with Gasteiger partial charge in [0.2, 0.25) is 0 Å². The Morgan fingerprint density at radius 3 is 1.89 bits per heavy atom. The molecule has 0 radical (unpaired) electrons. The van der Waals surface area contributed by atoms with Crippen LogP contribution in [0.4, 0.5) is 4.79 Å². The van der Waals surface area contributed by atoms with Crippen molar-refractivity contribution in [2.24, 2.45) is 0 Å². The molecule has 2 aromatic carbocycles. The molecule has 2 amide bonds. The Labute approximate surface area is 159 Å². The van der Waals surface area contributed by atoms with Crippen molar-refractivity contribution in [3.8, 4) is 0 Å². The first-order chi connectivity index (χ1) is 13.2. The van der Waals surface area contributed by atoms with Crippen molar-refractivity contribution in [1.82, 2.24) is 15.1 Å². The minimum atomic E-state index is -0.552. The molecule has 6 nitrogen and oxygen atoms in total. The van der Waals surface area contributed by atoms with Crippen molar-refractivity contribution in [3.05, 3.63) is 71.8 Å². The molecular formula is C21H25N3O3. The van der Waals surface area contributed by atoms with Gasteiger partial charge in [0.1, 0.15) is 6.61 Å². The van der Waals surface area contributed by atoms with Crippen LogP contribution in [0.15, 0.2) is 60.7 Å². The number of benzene rings is 2. The summed E-state index contributed by atoms with van der Waals surface area (Å²) in [6, 6.07) is 20.7. The fourth-order valence-corrected chi connectivity index (χ4v) is 3.41. The van der Waals surface area contributed by atoms with E-state index in [1.54, 1.807) is 4.90 Å². The molecule has 2 aromatic rings. The lowest BCUT2D eigenvalue weighted by molar-refractivity contribution is -0.120. The number of amides is 2. The number of urea groups is 1. The largest absolute Gasteiger partial charge is 0.389 e.